The Bertz CT molecular complexity index is 485. The molecular weight excluding hydrogens is 344 g/mol. The second-order valence-corrected chi connectivity index (χ2v) is 16.3. The Kier molecular flexibility index (Phi) is 6.60. The van der Waals surface area contributed by atoms with Gasteiger partial charge in [0.15, 0.2) is 13.4 Å². The van der Waals surface area contributed by atoms with Crippen molar-refractivity contribution < 1.29 is 9.22 Å². The topological polar surface area (TPSA) is 26.3 Å². The van der Waals surface area contributed by atoms with Gasteiger partial charge in [-0.25, -0.2) is 0 Å². The average molecular weight is 385 g/mol. The molecule has 0 aliphatic heterocycles. The molecule has 25 heavy (non-hydrogen) atoms. The Morgan fingerprint density at radius 2 is 1.92 bits per heavy atom. The van der Waals surface area contributed by atoms with Gasteiger partial charge in [0.1, 0.15) is 0 Å². The first-order chi connectivity index (χ1) is 11.4. The molecule has 0 N–H and O–H groups in total. The van der Waals surface area contributed by atoms with Gasteiger partial charge in [-0.15, -0.1) is 0 Å². The quantitative estimate of drug-likeness (QED) is 0.505. The minimum atomic E-state index is -1.71. The minimum absolute atomic E-state index is 0.259. The van der Waals surface area contributed by atoms with Crippen LogP contribution in [0.5, 0.6) is 0 Å². The van der Waals surface area contributed by atoms with E-state index in [1.165, 1.54) is 43.9 Å². The van der Waals surface area contributed by atoms with Crippen molar-refractivity contribution in [2.45, 2.75) is 97.9 Å². The maximum Gasteiger partial charge on any atom is 0.192 e. The molecule has 2 aliphatic rings. The van der Waals surface area contributed by atoms with E-state index in [4.69, 9.17) is 4.43 Å². The van der Waals surface area contributed by atoms with Gasteiger partial charge in [-0.2, -0.15) is 0 Å². The summed E-state index contributed by atoms with van der Waals surface area (Å²) in [5.74, 6) is 3.06. The molecule has 4 heteroatoms. The van der Waals surface area contributed by atoms with Crippen molar-refractivity contribution in [3.8, 4) is 0 Å². The van der Waals surface area contributed by atoms with Crippen molar-refractivity contribution in [2.75, 3.05) is 5.75 Å². The van der Waals surface area contributed by atoms with E-state index in [9.17, 15) is 4.79 Å². The first-order valence-corrected chi connectivity index (χ1v) is 14.1. The zero-order valence-corrected chi connectivity index (χ0v) is 19.6. The largest absolute Gasteiger partial charge is 0.414 e. The monoisotopic (exact) mass is 384 g/mol. The van der Waals surface area contributed by atoms with Crippen LogP contribution in [0.15, 0.2) is 0 Å². The Balaban J connectivity index is 2.11. The second kappa shape index (κ2) is 7.67. The first kappa shape index (κ1) is 21.5. The Hall–Kier alpha value is 0.197. The molecule has 0 saturated heterocycles. The van der Waals surface area contributed by atoms with E-state index in [-0.39, 0.29) is 10.2 Å². The molecule has 2 saturated carbocycles. The SMILES string of the molecule is CC(=O)SC[C@@H](C)C1CC[C@H]2[C@@H](O[Si](C)(C)C(C)(C)C)CCC[C@]12C. The normalized spacial score (nSPS) is 34.6. The lowest BCUT2D eigenvalue weighted by Gasteiger charge is -2.49. The number of hydrogen-bond donors (Lipinski definition) is 0. The van der Waals surface area contributed by atoms with Crippen LogP contribution in [-0.4, -0.2) is 25.3 Å². The van der Waals surface area contributed by atoms with Crippen LogP contribution in [0.3, 0.4) is 0 Å². The predicted molar refractivity (Wildman–Crippen MR) is 113 cm³/mol. The molecule has 2 nitrogen and oxygen atoms in total. The predicted octanol–water partition coefficient (Wildman–Crippen LogP) is 6.51. The summed E-state index contributed by atoms with van der Waals surface area (Å²) in [5, 5.41) is 0.541. The molecule has 2 aliphatic carbocycles. The summed E-state index contributed by atoms with van der Waals surface area (Å²) in [4.78, 5) is 11.4. The molecule has 5 atom stereocenters. The number of carbonyl (C=O) groups is 1. The summed E-state index contributed by atoms with van der Waals surface area (Å²) in [6, 6.07) is 0. The average Bonchev–Trinajstić information content (AvgIpc) is 2.81. The fraction of sp³-hybridized carbons (Fsp3) is 0.952. The van der Waals surface area contributed by atoms with E-state index >= 15 is 0 Å². The van der Waals surface area contributed by atoms with Gasteiger partial charge in [0.2, 0.25) is 0 Å². The number of fused-ring (bicyclic) bond motifs is 1. The molecule has 2 fully saturated rings. The van der Waals surface area contributed by atoms with Gasteiger partial charge in [-0.3, -0.25) is 4.79 Å². The Labute approximate surface area is 161 Å². The molecule has 0 bridgehead atoms. The highest BCUT2D eigenvalue weighted by Crippen LogP contribution is 2.59. The van der Waals surface area contributed by atoms with E-state index in [1.807, 2.05) is 0 Å². The van der Waals surface area contributed by atoms with Crippen LogP contribution >= 0.6 is 11.8 Å². The summed E-state index contributed by atoms with van der Waals surface area (Å²) in [6.07, 6.45) is 6.98. The lowest BCUT2D eigenvalue weighted by molar-refractivity contribution is -0.109. The van der Waals surface area contributed by atoms with Gasteiger partial charge in [0, 0.05) is 18.8 Å². The molecular formula is C21H40O2SSi. The van der Waals surface area contributed by atoms with E-state index in [0.29, 0.717) is 23.4 Å². The number of rotatable bonds is 5. The van der Waals surface area contributed by atoms with Gasteiger partial charge in [-0.05, 0) is 67.0 Å². The maximum atomic E-state index is 11.4. The third-order valence-electron chi connectivity index (χ3n) is 7.62. The van der Waals surface area contributed by atoms with E-state index in [0.717, 1.165) is 11.7 Å². The molecule has 0 aromatic heterocycles. The summed E-state index contributed by atoms with van der Waals surface area (Å²) < 4.78 is 6.93. The molecule has 0 radical (unpaired) electrons. The van der Waals surface area contributed by atoms with Crippen molar-refractivity contribution in [1.82, 2.24) is 0 Å². The summed E-state index contributed by atoms with van der Waals surface area (Å²) in [5.41, 5.74) is 0.405. The van der Waals surface area contributed by atoms with Crippen LogP contribution in [0.25, 0.3) is 0 Å². The zero-order valence-electron chi connectivity index (χ0n) is 17.8. The fourth-order valence-electron chi connectivity index (χ4n) is 5.16. The van der Waals surface area contributed by atoms with Crippen LogP contribution in [0.1, 0.15) is 73.6 Å². The van der Waals surface area contributed by atoms with Gasteiger partial charge in [0.25, 0.3) is 0 Å². The third-order valence-corrected chi connectivity index (χ3v) is 13.2. The van der Waals surface area contributed by atoms with Crippen molar-refractivity contribution in [3.63, 3.8) is 0 Å². The Morgan fingerprint density at radius 3 is 2.48 bits per heavy atom. The molecule has 0 amide bonds. The molecule has 0 aromatic rings. The van der Waals surface area contributed by atoms with Crippen LogP contribution in [0.2, 0.25) is 18.1 Å². The Morgan fingerprint density at radius 1 is 1.28 bits per heavy atom. The number of carbonyl (C=O) groups excluding carboxylic acids is 1. The lowest BCUT2D eigenvalue weighted by atomic mass is 9.62. The standard InChI is InChI=1S/C21H40O2SSi/c1-15(14-24-16(2)22)17-11-12-18-19(10-9-13-21(17,18)6)23-25(7,8)20(3,4)5/h15,17-19H,9-14H2,1-8H3/t15-,17?,18+,19+,21-/m1/s1. The van der Waals surface area contributed by atoms with Crippen LogP contribution < -0.4 is 0 Å². The third kappa shape index (κ3) is 4.55. The van der Waals surface area contributed by atoms with Gasteiger partial charge < -0.3 is 4.43 Å². The number of hydrogen-bond acceptors (Lipinski definition) is 3. The highest BCUT2D eigenvalue weighted by atomic mass is 32.2. The zero-order chi connectivity index (χ0) is 19.0. The lowest BCUT2D eigenvalue weighted by Crippen LogP contribution is -2.50. The van der Waals surface area contributed by atoms with Gasteiger partial charge >= 0.3 is 0 Å². The highest BCUT2D eigenvalue weighted by molar-refractivity contribution is 8.13. The molecule has 0 spiro atoms. The molecule has 146 valence electrons. The van der Waals surface area contributed by atoms with Crippen molar-refractivity contribution >= 4 is 25.2 Å². The fourth-order valence-corrected chi connectivity index (χ4v) is 7.28. The van der Waals surface area contributed by atoms with Gasteiger partial charge in [-0.1, -0.05) is 52.8 Å². The van der Waals surface area contributed by atoms with E-state index in [2.05, 4.69) is 47.7 Å². The van der Waals surface area contributed by atoms with Gasteiger partial charge in [0.05, 0.1) is 0 Å². The summed E-state index contributed by atoms with van der Waals surface area (Å²) >= 11 is 1.52. The smallest absolute Gasteiger partial charge is 0.192 e. The van der Waals surface area contributed by atoms with E-state index in [1.54, 1.807) is 6.92 Å². The summed E-state index contributed by atoms with van der Waals surface area (Å²) in [6.45, 7) is 18.4. The highest BCUT2D eigenvalue weighted by Gasteiger charge is 2.54. The molecule has 1 unspecified atom stereocenters. The van der Waals surface area contributed by atoms with Crippen molar-refractivity contribution in [2.24, 2.45) is 23.2 Å². The van der Waals surface area contributed by atoms with Crippen molar-refractivity contribution in [3.05, 3.63) is 0 Å². The number of thioether (sulfide) groups is 1. The molecule has 2 rings (SSSR count). The first-order valence-electron chi connectivity index (χ1n) is 10.2. The van der Waals surface area contributed by atoms with E-state index < -0.39 is 8.32 Å². The van der Waals surface area contributed by atoms with Crippen LogP contribution in [-0.2, 0) is 9.22 Å². The van der Waals surface area contributed by atoms with Crippen LogP contribution in [0, 0.1) is 23.2 Å². The van der Waals surface area contributed by atoms with Crippen molar-refractivity contribution in [1.29, 1.82) is 0 Å². The minimum Gasteiger partial charge on any atom is -0.414 e. The molecule has 0 aromatic carbocycles. The summed E-state index contributed by atoms with van der Waals surface area (Å²) in [7, 11) is -1.71. The molecule has 0 heterocycles. The second-order valence-electron chi connectivity index (χ2n) is 10.4. The maximum absolute atomic E-state index is 11.4. The van der Waals surface area contributed by atoms with Crippen LogP contribution in [0.4, 0.5) is 0 Å².